The number of rotatable bonds is 6. The minimum Gasteiger partial charge on any atom is -0.355 e. The van der Waals surface area contributed by atoms with Gasteiger partial charge >= 0.3 is 0 Å². The van der Waals surface area contributed by atoms with Crippen LogP contribution in [0.5, 0.6) is 0 Å². The molecule has 104 valence electrons. The molecule has 0 bridgehead atoms. The van der Waals surface area contributed by atoms with Crippen molar-refractivity contribution in [2.24, 2.45) is 11.8 Å². The van der Waals surface area contributed by atoms with Crippen LogP contribution in [0.25, 0.3) is 0 Å². The molecule has 3 nitrogen and oxygen atoms in total. The molecule has 0 heterocycles. The fraction of sp³-hybridized carbons (Fsp3) is 0.923. The minimum absolute atomic E-state index is 0.00837. The topological polar surface area (TPSA) is 41.1 Å². The summed E-state index contributed by atoms with van der Waals surface area (Å²) in [5.41, 5.74) is 0. The van der Waals surface area contributed by atoms with Gasteiger partial charge in [-0.15, -0.1) is 0 Å². The number of halogens is 2. The molecule has 0 aliphatic heterocycles. The van der Waals surface area contributed by atoms with Crippen molar-refractivity contribution < 1.29 is 13.6 Å². The van der Waals surface area contributed by atoms with E-state index in [0.29, 0.717) is 26.1 Å². The van der Waals surface area contributed by atoms with Gasteiger partial charge in [0, 0.05) is 31.8 Å². The molecule has 1 atom stereocenters. The second-order valence-corrected chi connectivity index (χ2v) is 5.59. The van der Waals surface area contributed by atoms with Gasteiger partial charge in [0.25, 0.3) is 0 Å². The Morgan fingerprint density at radius 2 is 2.00 bits per heavy atom. The van der Waals surface area contributed by atoms with Crippen LogP contribution >= 0.6 is 0 Å². The molecule has 0 aromatic carbocycles. The zero-order valence-electron chi connectivity index (χ0n) is 10.7. The van der Waals surface area contributed by atoms with Crippen LogP contribution in [-0.4, -0.2) is 31.5 Å². The molecule has 0 aromatic heterocycles. The lowest BCUT2D eigenvalue weighted by Gasteiger charge is -2.29. The first kappa shape index (κ1) is 13.7. The number of hydrogen-bond acceptors (Lipinski definition) is 2. The average Bonchev–Trinajstić information content (AvgIpc) is 3.10. The molecule has 1 amide bonds. The van der Waals surface area contributed by atoms with Gasteiger partial charge in [0.15, 0.2) is 0 Å². The van der Waals surface area contributed by atoms with Gasteiger partial charge in [-0.05, 0) is 38.1 Å². The normalized spacial score (nSPS) is 26.9. The number of hydrogen-bond donors (Lipinski definition) is 2. The number of alkyl halides is 2. The van der Waals surface area contributed by atoms with Crippen molar-refractivity contribution in [3.8, 4) is 0 Å². The highest BCUT2D eigenvalue weighted by atomic mass is 19.3. The molecule has 2 aliphatic carbocycles. The highest BCUT2D eigenvalue weighted by Gasteiger charge is 2.35. The van der Waals surface area contributed by atoms with Crippen molar-refractivity contribution in [2.75, 3.05) is 19.6 Å². The van der Waals surface area contributed by atoms with Gasteiger partial charge in [-0.3, -0.25) is 4.79 Å². The third kappa shape index (κ3) is 4.52. The van der Waals surface area contributed by atoms with Gasteiger partial charge in [0.2, 0.25) is 11.8 Å². The smallest absolute Gasteiger partial charge is 0.248 e. The third-order valence-electron chi connectivity index (χ3n) is 3.72. The lowest BCUT2D eigenvalue weighted by atomic mass is 9.86. The molecular weight excluding hydrogens is 238 g/mol. The zero-order chi connectivity index (χ0) is 13.0. The number of carbonyl (C=O) groups excluding carboxylic acids is 1. The van der Waals surface area contributed by atoms with Crippen LogP contribution < -0.4 is 10.6 Å². The molecule has 2 saturated carbocycles. The Kier molecular flexibility index (Phi) is 4.54. The molecule has 2 rings (SSSR count). The molecule has 2 fully saturated rings. The maximum Gasteiger partial charge on any atom is 0.248 e. The van der Waals surface area contributed by atoms with Crippen molar-refractivity contribution in [3.63, 3.8) is 0 Å². The van der Waals surface area contributed by atoms with Gasteiger partial charge in [0.1, 0.15) is 0 Å². The first-order valence-electron chi connectivity index (χ1n) is 6.93. The summed E-state index contributed by atoms with van der Waals surface area (Å²) in [5, 5.41) is 6.01. The summed E-state index contributed by atoms with van der Waals surface area (Å²) in [6.45, 7) is 1.90. The highest BCUT2D eigenvalue weighted by Crippen LogP contribution is 2.36. The summed E-state index contributed by atoms with van der Waals surface area (Å²) >= 11 is 0. The predicted molar refractivity (Wildman–Crippen MR) is 65.5 cm³/mol. The Morgan fingerprint density at radius 1 is 1.22 bits per heavy atom. The van der Waals surface area contributed by atoms with Crippen LogP contribution in [0.4, 0.5) is 8.78 Å². The van der Waals surface area contributed by atoms with Crippen LogP contribution in [-0.2, 0) is 4.79 Å². The summed E-state index contributed by atoms with van der Waals surface area (Å²) in [6.07, 6.45) is 3.58. The Bertz CT molecular complexity index is 293. The van der Waals surface area contributed by atoms with Gasteiger partial charge in [0.05, 0.1) is 0 Å². The second kappa shape index (κ2) is 5.95. The van der Waals surface area contributed by atoms with Crippen LogP contribution in [0.3, 0.4) is 0 Å². The van der Waals surface area contributed by atoms with E-state index in [1.807, 2.05) is 0 Å². The lowest BCUT2D eigenvalue weighted by Crippen LogP contribution is -2.37. The summed E-state index contributed by atoms with van der Waals surface area (Å²) in [5.74, 6) is -2.01. The predicted octanol–water partition coefficient (Wildman–Crippen LogP) is 1.93. The van der Waals surface area contributed by atoms with E-state index in [-0.39, 0.29) is 30.6 Å². The quantitative estimate of drug-likeness (QED) is 0.716. The Balaban J connectivity index is 1.51. The third-order valence-corrected chi connectivity index (χ3v) is 3.72. The average molecular weight is 260 g/mol. The largest absolute Gasteiger partial charge is 0.355 e. The molecular formula is C13H22F2N2O. The molecule has 0 radical (unpaired) electrons. The van der Waals surface area contributed by atoms with Crippen LogP contribution in [0.15, 0.2) is 0 Å². The molecule has 18 heavy (non-hydrogen) atoms. The van der Waals surface area contributed by atoms with Crippen molar-refractivity contribution >= 4 is 5.91 Å². The Labute approximate surface area is 107 Å². The summed E-state index contributed by atoms with van der Waals surface area (Å²) in [7, 11) is 0. The van der Waals surface area contributed by atoms with E-state index in [1.54, 1.807) is 0 Å². The molecule has 0 aromatic rings. The van der Waals surface area contributed by atoms with Crippen molar-refractivity contribution in [3.05, 3.63) is 0 Å². The second-order valence-electron chi connectivity index (χ2n) is 5.59. The maximum atomic E-state index is 13.1. The minimum atomic E-state index is -2.47. The molecule has 0 saturated heterocycles. The summed E-state index contributed by atoms with van der Waals surface area (Å²) in [6, 6.07) is 0. The monoisotopic (exact) mass is 260 g/mol. The van der Waals surface area contributed by atoms with Gasteiger partial charge in [-0.2, -0.15) is 0 Å². The van der Waals surface area contributed by atoms with E-state index < -0.39 is 5.92 Å². The standard InChI is InChI=1S/C13H22F2N2O/c14-13(15)5-1-2-10(8-13)9-16-6-7-17-12(18)11-3-4-11/h10-11,16H,1-9H2,(H,17,18). The molecule has 2 N–H and O–H groups in total. The molecule has 1 unspecified atom stereocenters. The highest BCUT2D eigenvalue weighted by molar-refractivity contribution is 5.80. The van der Waals surface area contributed by atoms with Gasteiger partial charge in [-0.1, -0.05) is 0 Å². The zero-order valence-corrected chi connectivity index (χ0v) is 10.7. The van der Waals surface area contributed by atoms with Gasteiger partial charge < -0.3 is 10.6 Å². The molecule has 5 heteroatoms. The van der Waals surface area contributed by atoms with E-state index >= 15 is 0 Å². The maximum absolute atomic E-state index is 13.1. The van der Waals surface area contributed by atoms with Crippen molar-refractivity contribution in [1.29, 1.82) is 0 Å². The summed E-state index contributed by atoms with van der Waals surface area (Å²) in [4.78, 5) is 11.3. The lowest BCUT2D eigenvalue weighted by molar-refractivity contribution is -0.122. The van der Waals surface area contributed by atoms with Crippen molar-refractivity contribution in [1.82, 2.24) is 10.6 Å². The van der Waals surface area contributed by atoms with Crippen molar-refractivity contribution in [2.45, 2.75) is 44.4 Å². The number of carbonyl (C=O) groups is 1. The van der Waals surface area contributed by atoms with E-state index in [2.05, 4.69) is 10.6 Å². The molecule has 0 spiro atoms. The SMILES string of the molecule is O=C(NCCNCC1CCCC(F)(F)C1)C1CC1. The fourth-order valence-corrected chi connectivity index (χ4v) is 2.52. The van der Waals surface area contributed by atoms with E-state index in [0.717, 1.165) is 19.3 Å². The van der Waals surface area contributed by atoms with E-state index in [1.165, 1.54) is 0 Å². The first-order valence-corrected chi connectivity index (χ1v) is 6.93. The van der Waals surface area contributed by atoms with E-state index in [9.17, 15) is 13.6 Å². The van der Waals surface area contributed by atoms with Crippen LogP contribution in [0.1, 0.15) is 38.5 Å². The van der Waals surface area contributed by atoms with Gasteiger partial charge in [-0.25, -0.2) is 8.78 Å². The Morgan fingerprint density at radius 3 is 2.67 bits per heavy atom. The number of amides is 1. The molecule has 2 aliphatic rings. The fourth-order valence-electron chi connectivity index (χ4n) is 2.52. The number of nitrogens with one attached hydrogen (secondary N) is 2. The van der Waals surface area contributed by atoms with E-state index in [4.69, 9.17) is 0 Å². The first-order chi connectivity index (χ1) is 8.57. The summed E-state index contributed by atoms with van der Waals surface area (Å²) < 4.78 is 26.3. The van der Waals surface area contributed by atoms with Crippen LogP contribution in [0.2, 0.25) is 0 Å². The van der Waals surface area contributed by atoms with Crippen LogP contribution in [0, 0.1) is 11.8 Å². The Hall–Kier alpha value is -0.710.